The van der Waals surface area contributed by atoms with E-state index in [0.717, 1.165) is 22.2 Å². The van der Waals surface area contributed by atoms with Gasteiger partial charge in [-0.05, 0) is 36.2 Å². The van der Waals surface area contributed by atoms with Crippen LogP contribution in [0.25, 0.3) is 0 Å². The molecule has 0 aromatic heterocycles. The highest BCUT2D eigenvalue weighted by Crippen LogP contribution is 2.16. The van der Waals surface area contributed by atoms with E-state index < -0.39 is 0 Å². The first-order valence-corrected chi connectivity index (χ1v) is 8.24. The fourth-order valence-electron chi connectivity index (χ4n) is 1.94. The number of hydrogen-bond donors (Lipinski definition) is 0. The molecule has 23 heavy (non-hydrogen) atoms. The molecule has 0 aliphatic carbocycles. The minimum absolute atomic E-state index is 0.291. The highest BCUT2D eigenvalue weighted by molar-refractivity contribution is 9.10. The van der Waals surface area contributed by atoms with Crippen LogP contribution >= 0.6 is 15.9 Å². The predicted octanol–water partition coefficient (Wildman–Crippen LogP) is 4.49. The lowest BCUT2D eigenvalue weighted by Gasteiger charge is -2.17. The lowest BCUT2D eigenvalue weighted by atomic mass is 10.2. The molecule has 0 fully saturated rings. The van der Waals surface area contributed by atoms with Crippen LogP contribution in [-0.2, 0) is 11.3 Å². The van der Waals surface area contributed by atoms with E-state index >= 15 is 0 Å². The number of hydrogen-bond acceptors (Lipinski definition) is 3. The van der Waals surface area contributed by atoms with Crippen LogP contribution in [0.1, 0.15) is 12.0 Å². The smallest absolute Gasteiger partial charge is 0.409 e. The lowest BCUT2D eigenvalue weighted by molar-refractivity contribution is 0.103. The van der Waals surface area contributed by atoms with E-state index in [1.165, 1.54) is 0 Å². The van der Waals surface area contributed by atoms with Gasteiger partial charge in [0.25, 0.3) is 0 Å². The van der Waals surface area contributed by atoms with Crippen molar-refractivity contribution in [2.45, 2.75) is 13.0 Å². The standard InChI is InChI=1S/C18H20BrNO3/c1-20(18(21)23-14-15-6-3-2-4-7-15)12-5-13-22-17-10-8-16(19)9-11-17/h2-4,6-11H,5,12-14H2,1H3. The van der Waals surface area contributed by atoms with Crippen molar-refractivity contribution in [3.8, 4) is 5.75 Å². The molecule has 2 rings (SSSR count). The van der Waals surface area contributed by atoms with Crippen molar-refractivity contribution in [1.29, 1.82) is 0 Å². The number of ether oxygens (including phenoxy) is 2. The molecule has 0 spiro atoms. The second-order valence-electron chi connectivity index (χ2n) is 5.12. The molecule has 5 heteroatoms. The molecule has 122 valence electrons. The Hall–Kier alpha value is -2.01. The van der Waals surface area contributed by atoms with Crippen LogP contribution in [0.4, 0.5) is 4.79 Å². The Labute approximate surface area is 145 Å². The average Bonchev–Trinajstić information content (AvgIpc) is 2.59. The van der Waals surface area contributed by atoms with E-state index in [2.05, 4.69) is 15.9 Å². The highest BCUT2D eigenvalue weighted by atomic mass is 79.9. The SMILES string of the molecule is CN(CCCOc1ccc(Br)cc1)C(=O)OCc1ccccc1. The molecule has 4 nitrogen and oxygen atoms in total. The van der Waals surface area contributed by atoms with Gasteiger partial charge in [-0.1, -0.05) is 46.3 Å². The second kappa shape index (κ2) is 9.20. The van der Waals surface area contributed by atoms with E-state index in [1.54, 1.807) is 11.9 Å². The van der Waals surface area contributed by atoms with Crippen molar-refractivity contribution in [3.05, 3.63) is 64.6 Å². The number of amides is 1. The summed E-state index contributed by atoms with van der Waals surface area (Å²) in [5.41, 5.74) is 0.979. The largest absolute Gasteiger partial charge is 0.494 e. The summed E-state index contributed by atoms with van der Waals surface area (Å²) in [7, 11) is 1.73. The molecule has 0 unspecified atom stereocenters. The van der Waals surface area contributed by atoms with E-state index in [-0.39, 0.29) is 6.09 Å². The zero-order valence-electron chi connectivity index (χ0n) is 13.1. The molecule has 0 bridgehead atoms. The van der Waals surface area contributed by atoms with Crippen LogP contribution in [0.15, 0.2) is 59.1 Å². The van der Waals surface area contributed by atoms with Gasteiger partial charge in [0.15, 0.2) is 0 Å². The van der Waals surface area contributed by atoms with Crippen molar-refractivity contribution >= 4 is 22.0 Å². The fourth-order valence-corrected chi connectivity index (χ4v) is 2.21. The Morgan fingerprint density at radius 2 is 1.78 bits per heavy atom. The molecular weight excluding hydrogens is 358 g/mol. The third-order valence-electron chi connectivity index (χ3n) is 3.24. The molecule has 0 aliphatic rings. The molecule has 0 aliphatic heterocycles. The number of rotatable bonds is 7. The first-order valence-electron chi connectivity index (χ1n) is 7.45. The van der Waals surface area contributed by atoms with Gasteiger partial charge >= 0.3 is 6.09 Å². The first kappa shape index (κ1) is 17.3. The third kappa shape index (κ3) is 6.32. The number of carbonyl (C=O) groups is 1. The Morgan fingerprint density at radius 1 is 1.09 bits per heavy atom. The van der Waals surface area contributed by atoms with Gasteiger partial charge in [0.1, 0.15) is 12.4 Å². The highest BCUT2D eigenvalue weighted by Gasteiger charge is 2.09. The second-order valence-corrected chi connectivity index (χ2v) is 6.03. The van der Waals surface area contributed by atoms with Gasteiger partial charge in [0.2, 0.25) is 0 Å². The molecule has 0 saturated heterocycles. The zero-order valence-corrected chi connectivity index (χ0v) is 14.7. The molecule has 0 N–H and O–H groups in total. The maximum Gasteiger partial charge on any atom is 0.409 e. The Morgan fingerprint density at radius 3 is 2.48 bits per heavy atom. The number of carbonyl (C=O) groups excluding carboxylic acids is 1. The summed E-state index contributed by atoms with van der Waals surface area (Å²) in [6, 6.07) is 17.3. The van der Waals surface area contributed by atoms with Gasteiger partial charge in [-0.2, -0.15) is 0 Å². The minimum Gasteiger partial charge on any atom is -0.494 e. The van der Waals surface area contributed by atoms with Gasteiger partial charge < -0.3 is 14.4 Å². The normalized spacial score (nSPS) is 10.2. The van der Waals surface area contributed by atoms with E-state index in [9.17, 15) is 4.79 Å². The minimum atomic E-state index is -0.322. The molecule has 0 heterocycles. The van der Waals surface area contributed by atoms with Crippen molar-refractivity contribution in [1.82, 2.24) is 4.90 Å². The zero-order chi connectivity index (χ0) is 16.5. The maximum absolute atomic E-state index is 11.9. The topological polar surface area (TPSA) is 38.8 Å². The Kier molecular flexibility index (Phi) is 6.94. The van der Waals surface area contributed by atoms with Gasteiger partial charge in [-0.15, -0.1) is 0 Å². The summed E-state index contributed by atoms with van der Waals surface area (Å²) in [4.78, 5) is 13.4. The van der Waals surface area contributed by atoms with Crippen LogP contribution in [0.2, 0.25) is 0 Å². The predicted molar refractivity (Wildman–Crippen MR) is 93.5 cm³/mol. The Bertz CT molecular complexity index is 601. The summed E-state index contributed by atoms with van der Waals surface area (Å²) in [5.74, 6) is 0.822. The molecule has 2 aromatic carbocycles. The molecule has 0 radical (unpaired) electrons. The van der Waals surface area contributed by atoms with Crippen LogP contribution in [0.5, 0.6) is 5.75 Å². The van der Waals surface area contributed by atoms with Gasteiger partial charge in [-0.3, -0.25) is 0 Å². The van der Waals surface area contributed by atoms with Crippen molar-refractivity contribution in [2.75, 3.05) is 20.2 Å². The lowest BCUT2D eigenvalue weighted by Crippen LogP contribution is -2.29. The van der Waals surface area contributed by atoms with Gasteiger partial charge in [0.05, 0.1) is 6.61 Å². The van der Waals surface area contributed by atoms with Crippen LogP contribution < -0.4 is 4.74 Å². The van der Waals surface area contributed by atoms with Gasteiger partial charge in [-0.25, -0.2) is 4.79 Å². The summed E-state index contributed by atoms with van der Waals surface area (Å²) >= 11 is 3.38. The van der Waals surface area contributed by atoms with Crippen molar-refractivity contribution in [2.24, 2.45) is 0 Å². The molecule has 2 aromatic rings. The van der Waals surface area contributed by atoms with Crippen LogP contribution in [0.3, 0.4) is 0 Å². The van der Waals surface area contributed by atoms with Crippen molar-refractivity contribution in [3.63, 3.8) is 0 Å². The number of halogens is 1. The van der Waals surface area contributed by atoms with Gasteiger partial charge in [0, 0.05) is 18.1 Å². The summed E-state index contributed by atoms with van der Waals surface area (Å²) in [5, 5.41) is 0. The van der Waals surface area contributed by atoms with Crippen LogP contribution in [-0.4, -0.2) is 31.2 Å². The van der Waals surface area contributed by atoms with Crippen molar-refractivity contribution < 1.29 is 14.3 Å². The first-order chi connectivity index (χ1) is 11.1. The molecule has 0 saturated carbocycles. The van der Waals surface area contributed by atoms with Crippen LogP contribution in [0, 0.1) is 0 Å². The number of nitrogens with zero attached hydrogens (tertiary/aromatic N) is 1. The van der Waals surface area contributed by atoms with E-state index in [1.807, 2.05) is 54.6 Å². The summed E-state index contributed by atoms with van der Waals surface area (Å²) in [6.07, 6.45) is 0.421. The monoisotopic (exact) mass is 377 g/mol. The summed E-state index contributed by atoms with van der Waals surface area (Å²) < 4.78 is 11.9. The summed E-state index contributed by atoms with van der Waals surface area (Å²) in [6.45, 7) is 1.43. The molecule has 1 amide bonds. The fraction of sp³-hybridized carbons (Fsp3) is 0.278. The van der Waals surface area contributed by atoms with E-state index in [4.69, 9.17) is 9.47 Å². The number of benzene rings is 2. The average molecular weight is 378 g/mol. The molecular formula is C18H20BrNO3. The third-order valence-corrected chi connectivity index (χ3v) is 3.77. The van der Waals surface area contributed by atoms with E-state index in [0.29, 0.717) is 19.8 Å². The maximum atomic E-state index is 11.9. The molecule has 0 atom stereocenters. The Balaban J connectivity index is 1.63. The quantitative estimate of drug-likeness (QED) is 0.667.